The molecule has 0 bridgehead atoms. The van der Waals surface area contributed by atoms with E-state index in [4.69, 9.17) is 0 Å². The van der Waals surface area contributed by atoms with Gasteiger partial charge in [0.2, 0.25) is 0 Å². The Kier molecular flexibility index (Phi) is 3.95. The van der Waals surface area contributed by atoms with Crippen molar-refractivity contribution in [2.75, 3.05) is 0 Å². The molecule has 0 radical (unpaired) electrons. The molecule has 2 nitrogen and oxygen atoms in total. The molecule has 0 heterocycles. The van der Waals surface area contributed by atoms with Crippen LogP contribution >= 0.6 is 0 Å². The maximum absolute atomic E-state index is 11.2. The Balaban J connectivity index is 4.83. The van der Waals surface area contributed by atoms with Crippen LogP contribution in [0.15, 0.2) is 0 Å². The summed E-state index contributed by atoms with van der Waals surface area (Å²) in [6.45, 7) is 10.00. The molecule has 0 amide bonds. The van der Waals surface area contributed by atoms with Crippen LogP contribution < -0.4 is 0 Å². The minimum atomic E-state index is -0.673. The van der Waals surface area contributed by atoms with Crippen molar-refractivity contribution in [1.82, 2.24) is 0 Å². The van der Waals surface area contributed by atoms with Gasteiger partial charge in [0.25, 0.3) is 0 Å². The van der Waals surface area contributed by atoms with Gasteiger partial charge in [0.1, 0.15) is 0 Å². The monoisotopic (exact) mass is 186 g/mol. The highest BCUT2D eigenvalue weighted by Gasteiger charge is 2.44. The highest BCUT2D eigenvalue weighted by atomic mass is 16.4. The molecule has 0 spiro atoms. The fourth-order valence-corrected chi connectivity index (χ4v) is 1.82. The number of carboxylic acid groups (broad SMARTS) is 1. The number of hydrogen-bond donors (Lipinski definition) is 1. The Morgan fingerprint density at radius 2 is 1.69 bits per heavy atom. The van der Waals surface area contributed by atoms with Crippen LogP contribution in [0.5, 0.6) is 0 Å². The molecule has 2 heteroatoms. The van der Waals surface area contributed by atoms with E-state index in [1.54, 1.807) is 0 Å². The van der Waals surface area contributed by atoms with Crippen LogP contribution in [0.3, 0.4) is 0 Å². The van der Waals surface area contributed by atoms with Gasteiger partial charge in [0.05, 0.1) is 5.41 Å². The molecule has 0 saturated heterocycles. The Hall–Kier alpha value is -0.530. The largest absolute Gasteiger partial charge is 0.481 e. The zero-order valence-electron chi connectivity index (χ0n) is 9.48. The third-order valence-corrected chi connectivity index (χ3v) is 3.55. The molecule has 0 fully saturated rings. The van der Waals surface area contributed by atoms with E-state index in [2.05, 4.69) is 6.92 Å². The Labute approximate surface area is 81.3 Å². The van der Waals surface area contributed by atoms with Gasteiger partial charge in [-0.2, -0.15) is 0 Å². The van der Waals surface area contributed by atoms with Gasteiger partial charge in [-0.05, 0) is 25.2 Å². The van der Waals surface area contributed by atoms with Crippen molar-refractivity contribution in [1.29, 1.82) is 0 Å². The van der Waals surface area contributed by atoms with Gasteiger partial charge in [-0.15, -0.1) is 0 Å². The molecule has 0 aromatic carbocycles. The lowest BCUT2D eigenvalue weighted by Gasteiger charge is -2.40. The molecular weight excluding hydrogens is 164 g/mol. The standard InChI is InChI=1S/C11H22O2/c1-6-8-10(3,4)11(5,7-2)9(12)13/h6-8H2,1-5H3,(H,12,13). The molecule has 1 atom stereocenters. The van der Waals surface area contributed by atoms with Crippen LogP contribution in [-0.4, -0.2) is 11.1 Å². The highest BCUT2D eigenvalue weighted by Crippen LogP contribution is 2.44. The highest BCUT2D eigenvalue weighted by molar-refractivity contribution is 5.75. The van der Waals surface area contributed by atoms with Crippen LogP contribution in [-0.2, 0) is 4.79 Å². The molecule has 0 aromatic heterocycles. The van der Waals surface area contributed by atoms with Crippen molar-refractivity contribution >= 4 is 5.97 Å². The topological polar surface area (TPSA) is 37.3 Å². The first-order chi connectivity index (χ1) is 5.81. The average Bonchev–Trinajstić information content (AvgIpc) is 2.02. The van der Waals surface area contributed by atoms with Gasteiger partial charge in [0, 0.05) is 0 Å². The second kappa shape index (κ2) is 4.12. The predicted molar refractivity (Wildman–Crippen MR) is 54.7 cm³/mol. The first-order valence-corrected chi connectivity index (χ1v) is 5.05. The summed E-state index contributed by atoms with van der Waals surface area (Å²) in [6, 6.07) is 0. The molecule has 78 valence electrons. The number of carbonyl (C=O) groups is 1. The van der Waals surface area contributed by atoms with Gasteiger partial charge in [-0.3, -0.25) is 4.79 Å². The zero-order chi connectivity index (χ0) is 10.7. The SMILES string of the molecule is CCCC(C)(C)C(C)(CC)C(=O)O. The van der Waals surface area contributed by atoms with Crippen LogP contribution in [0.2, 0.25) is 0 Å². The third kappa shape index (κ3) is 2.23. The minimum absolute atomic E-state index is 0.123. The van der Waals surface area contributed by atoms with Crippen molar-refractivity contribution in [2.45, 2.75) is 53.9 Å². The van der Waals surface area contributed by atoms with Crippen LogP contribution in [0.25, 0.3) is 0 Å². The number of carboxylic acids is 1. The van der Waals surface area contributed by atoms with E-state index in [1.807, 2.05) is 27.7 Å². The summed E-state index contributed by atoms with van der Waals surface area (Å²) in [5, 5.41) is 9.19. The maximum atomic E-state index is 11.2. The van der Waals surface area contributed by atoms with Gasteiger partial charge in [-0.1, -0.05) is 34.1 Å². The Morgan fingerprint density at radius 1 is 1.23 bits per heavy atom. The molecule has 0 saturated carbocycles. The second-order valence-electron chi connectivity index (χ2n) is 4.62. The van der Waals surface area contributed by atoms with Gasteiger partial charge < -0.3 is 5.11 Å². The Morgan fingerprint density at radius 3 is 1.92 bits per heavy atom. The smallest absolute Gasteiger partial charge is 0.309 e. The van der Waals surface area contributed by atoms with Gasteiger partial charge >= 0.3 is 5.97 Å². The summed E-state index contributed by atoms with van der Waals surface area (Å²) in [6.07, 6.45) is 2.69. The van der Waals surface area contributed by atoms with E-state index in [-0.39, 0.29) is 5.41 Å². The molecule has 13 heavy (non-hydrogen) atoms. The summed E-state index contributed by atoms with van der Waals surface area (Å²) >= 11 is 0. The quantitative estimate of drug-likeness (QED) is 0.715. The molecular formula is C11H22O2. The lowest BCUT2D eigenvalue weighted by molar-refractivity contribution is -0.156. The molecule has 0 aliphatic heterocycles. The van der Waals surface area contributed by atoms with E-state index in [1.165, 1.54) is 0 Å². The summed E-state index contributed by atoms with van der Waals surface area (Å²) < 4.78 is 0. The predicted octanol–water partition coefficient (Wildman–Crippen LogP) is 3.31. The molecule has 1 unspecified atom stereocenters. The molecule has 0 aliphatic carbocycles. The van der Waals surface area contributed by atoms with Crippen molar-refractivity contribution in [3.05, 3.63) is 0 Å². The zero-order valence-corrected chi connectivity index (χ0v) is 9.48. The summed E-state index contributed by atoms with van der Waals surface area (Å²) in [5.41, 5.74) is -0.717. The molecule has 0 rings (SSSR count). The number of hydrogen-bond acceptors (Lipinski definition) is 1. The summed E-state index contributed by atoms with van der Waals surface area (Å²) in [4.78, 5) is 11.2. The van der Waals surface area contributed by atoms with Crippen molar-refractivity contribution < 1.29 is 9.90 Å². The van der Waals surface area contributed by atoms with Gasteiger partial charge in [-0.25, -0.2) is 0 Å². The van der Waals surface area contributed by atoms with Crippen LogP contribution in [0.1, 0.15) is 53.9 Å². The van der Waals surface area contributed by atoms with E-state index in [9.17, 15) is 9.90 Å². The van der Waals surface area contributed by atoms with Crippen LogP contribution in [0, 0.1) is 10.8 Å². The summed E-state index contributed by atoms with van der Waals surface area (Å²) in [5.74, 6) is -0.673. The van der Waals surface area contributed by atoms with Crippen molar-refractivity contribution in [3.63, 3.8) is 0 Å². The third-order valence-electron chi connectivity index (χ3n) is 3.55. The maximum Gasteiger partial charge on any atom is 0.309 e. The molecule has 1 N–H and O–H groups in total. The molecule has 0 aromatic rings. The average molecular weight is 186 g/mol. The van der Waals surface area contributed by atoms with E-state index < -0.39 is 11.4 Å². The first kappa shape index (κ1) is 12.5. The van der Waals surface area contributed by atoms with Crippen LogP contribution in [0.4, 0.5) is 0 Å². The normalized spacial score (nSPS) is 16.7. The van der Waals surface area contributed by atoms with Crippen molar-refractivity contribution in [3.8, 4) is 0 Å². The van der Waals surface area contributed by atoms with E-state index in [0.717, 1.165) is 12.8 Å². The lowest BCUT2D eigenvalue weighted by atomic mass is 9.63. The van der Waals surface area contributed by atoms with E-state index >= 15 is 0 Å². The Bertz CT molecular complexity index is 185. The van der Waals surface area contributed by atoms with E-state index in [0.29, 0.717) is 6.42 Å². The second-order valence-corrected chi connectivity index (χ2v) is 4.62. The van der Waals surface area contributed by atoms with Crippen molar-refractivity contribution in [2.24, 2.45) is 10.8 Å². The number of aliphatic carboxylic acids is 1. The molecule has 0 aliphatic rings. The first-order valence-electron chi connectivity index (χ1n) is 5.05. The fraction of sp³-hybridized carbons (Fsp3) is 0.909. The number of rotatable bonds is 5. The fourth-order valence-electron chi connectivity index (χ4n) is 1.82. The summed E-state index contributed by atoms with van der Waals surface area (Å²) in [7, 11) is 0. The minimum Gasteiger partial charge on any atom is -0.481 e. The van der Waals surface area contributed by atoms with Gasteiger partial charge in [0.15, 0.2) is 0 Å². The lowest BCUT2D eigenvalue weighted by Crippen LogP contribution is -2.41.